The maximum atomic E-state index is 13.5. The molecule has 0 bridgehead atoms. The largest absolute Gasteiger partial charge is 0.484 e. The highest BCUT2D eigenvalue weighted by atomic mass is 127. The summed E-state index contributed by atoms with van der Waals surface area (Å²) in [5, 5.41) is 3.03. The Morgan fingerprint density at radius 1 is 0.912 bits per heavy atom. The predicted octanol–water partition coefficient (Wildman–Crippen LogP) is 5.23. The standard InChI is InChI=1S/C28H31IN2O3/c1-2-3-18-30-28(33)26(19-22-10-6-4-7-11-22)31(20-23-12-8-5-9-13-23)27(32)21-34-25-16-14-24(29)15-17-25/h4-17,26H,2-3,18-21H2,1H3,(H,30,33). The van der Waals surface area contributed by atoms with Crippen LogP contribution in [-0.4, -0.2) is 35.9 Å². The van der Waals surface area contributed by atoms with Gasteiger partial charge in [0, 0.05) is 23.1 Å². The van der Waals surface area contributed by atoms with E-state index >= 15 is 0 Å². The number of rotatable bonds is 12. The lowest BCUT2D eigenvalue weighted by Gasteiger charge is -2.31. The molecule has 0 aromatic heterocycles. The molecule has 0 fully saturated rings. The van der Waals surface area contributed by atoms with Gasteiger partial charge in [0.05, 0.1) is 0 Å². The van der Waals surface area contributed by atoms with Crippen molar-refractivity contribution in [2.45, 2.75) is 38.8 Å². The van der Waals surface area contributed by atoms with E-state index < -0.39 is 6.04 Å². The van der Waals surface area contributed by atoms with Gasteiger partial charge in [0.1, 0.15) is 11.8 Å². The van der Waals surface area contributed by atoms with Crippen LogP contribution in [0.3, 0.4) is 0 Å². The maximum Gasteiger partial charge on any atom is 0.261 e. The first-order valence-electron chi connectivity index (χ1n) is 11.6. The number of nitrogens with one attached hydrogen (secondary N) is 1. The minimum atomic E-state index is -0.646. The summed E-state index contributed by atoms with van der Waals surface area (Å²) in [7, 11) is 0. The molecule has 0 radical (unpaired) electrons. The fourth-order valence-corrected chi connectivity index (χ4v) is 3.96. The maximum absolute atomic E-state index is 13.5. The molecule has 34 heavy (non-hydrogen) atoms. The fraction of sp³-hybridized carbons (Fsp3) is 0.286. The lowest BCUT2D eigenvalue weighted by atomic mass is 10.0. The molecular formula is C28H31IN2O3. The molecule has 178 valence electrons. The minimum Gasteiger partial charge on any atom is -0.484 e. The summed E-state index contributed by atoms with van der Waals surface area (Å²) in [4.78, 5) is 28.4. The van der Waals surface area contributed by atoms with Gasteiger partial charge in [-0.3, -0.25) is 9.59 Å². The number of carbonyl (C=O) groups is 2. The number of benzene rings is 3. The van der Waals surface area contributed by atoms with Gasteiger partial charge in [-0.1, -0.05) is 74.0 Å². The van der Waals surface area contributed by atoms with Crippen LogP contribution < -0.4 is 10.1 Å². The van der Waals surface area contributed by atoms with E-state index in [2.05, 4.69) is 34.8 Å². The molecule has 0 saturated heterocycles. The van der Waals surface area contributed by atoms with Crippen molar-refractivity contribution in [3.05, 3.63) is 99.6 Å². The number of hydrogen-bond donors (Lipinski definition) is 1. The van der Waals surface area contributed by atoms with Crippen molar-refractivity contribution >= 4 is 34.4 Å². The van der Waals surface area contributed by atoms with Crippen LogP contribution in [0, 0.1) is 3.57 Å². The first kappa shape index (κ1) is 25.7. The van der Waals surface area contributed by atoms with Crippen LogP contribution >= 0.6 is 22.6 Å². The van der Waals surface area contributed by atoms with Gasteiger partial charge in [-0.2, -0.15) is 0 Å². The first-order valence-corrected chi connectivity index (χ1v) is 12.7. The molecule has 0 saturated carbocycles. The molecule has 3 rings (SSSR count). The zero-order valence-electron chi connectivity index (χ0n) is 19.5. The van der Waals surface area contributed by atoms with Crippen LogP contribution in [-0.2, 0) is 22.6 Å². The van der Waals surface area contributed by atoms with Crippen LogP contribution in [0.1, 0.15) is 30.9 Å². The normalized spacial score (nSPS) is 11.5. The van der Waals surface area contributed by atoms with E-state index in [4.69, 9.17) is 4.74 Å². The number of carbonyl (C=O) groups excluding carboxylic acids is 2. The highest BCUT2D eigenvalue weighted by molar-refractivity contribution is 14.1. The number of nitrogens with zero attached hydrogens (tertiary/aromatic N) is 1. The summed E-state index contributed by atoms with van der Waals surface area (Å²) in [6.07, 6.45) is 2.31. The van der Waals surface area contributed by atoms with Crippen molar-refractivity contribution in [3.8, 4) is 5.75 Å². The quantitative estimate of drug-likeness (QED) is 0.240. The second-order valence-corrected chi connectivity index (χ2v) is 9.35. The Morgan fingerprint density at radius 3 is 2.15 bits per heavy atom. The molecule has 1 N–H and O–H groups in total. The van der Waals surface area contributed by atoms with Gasteiger partial charge < -0.3 is 15.0 Å². The molecule has 6 heteroatoms. The molecule has 5 nitrogen and oxygen atoms in total. The van der Waals surface area contributed by atoms with Crippen LogP contribution in [0.5, 0.6) is 5.75 Å². The Hall–Kier alpha value is -2.87. The molecule has 3 aromatic rings. The van der Waals surface area contributed by atoms with E-state index in [0.29, 0.717) is 25.3 Å². The number of halogens is 1. The minimum absolute atomic E-state index is 0.138. The summed E-state index contributed by atoms with van der Waals surface area (Å²) in [6.45, 7) is 2.86. The lowest BCUT2D eigenvalue weighted by molar-refractivity contribution is -0.142. The Morgan fingerprint density at radius 2 is 1.53 bits per heavy atom. The summed E-state index contributed by atoms with van der Waals surface area (Å²) >= 11 is 2.23. The third kappa shape index (κ3) is 8.17. The molecule has 2 amide bonds. The average molecular weight is 570 g/mol. The van der Waals surface area contributed by atoms with Crippen LogP contribution in [0.15, 0.2) is 84.9 Å². The fourth-order valence-electron chi connectivity index (χ4n) is 3.60. The molecule has 1 unspecified atom stereocenters. The van der Waals surface area contributed by atoms with Crippen molar-refractivity contribution in [2.24, 2.45) is 0 Å². The molecule has 1 atom stereocenters. The van der Waals surface area contributed by atoms with Crippen molar-refractivity contribution in [1.29, 1.82) is 0 Å². The number of amides is 2. The third-order valence-corrected chi connectivity index (χ3v) is 6.19. The van der Waals surface area contributed by atoms with Gasteiger partial charge >= 0.3 is 0 Å². The van der Waals surface area contributed by atoms with Crippen molar-refractivity contribution in [1.82, 2.24) is 10.2 Å². The highest BCUT2D eigenvalue weighted by Crippen LogP contribution is 2.17. The van der Waals surface area contributed by atoms with E-state index in [1.165, 1.54) is 0 Å². The second-order valence-electron chi connectivity index (χ2n) is 8.10. The molecule has 0 spiro atoms. The monoisotopic (exact) mass is 570 g/mol. The topological polar surface area (TPSA) is 58.6 Å². The van der Waals surface area contributed by atoms with Gasteiger partial charge in [0.25, 0.3) is 5.91 Å². The zero-order valence-corrected chi connectivity index (χ0v) is 21.6. The van der Waals surface area contributed by atoms with Crippen LogP contribution in [0.25, 0.3) is 0 Å². The van der Waals surface area contributed by atoms with Gasteiger partial charge in [-0.15, -0.1) is 0 Å². The molecular weight excluding hydrogens is 539 g/mol. The molecule has 3 aromatic carbocycles. The predicted molar refractivity (Wildman–Crippen MR) is 143 cm³/mol. The number of unbranched alkanes of at least 4 members (excludes halogenated alkanes) is 1. The van der Waals surface area contributed by atoms with E-state index in [0.717, 1.165) is 27.5 Å². The Labute approximate surface area is 215 Å². The van der Waals surface area contributed by atoms with Crippen molar-refractivity contribution in [3.63, 3.8) is 0 Å². The average Bonchev–Trinajstić information content (AvgIpc) is 2.87. The zero-order chi connectivity index (χ0) is 24.2. The Bertz CT molecular complexity index is 1030. The second kappa shape index (κ2) is 13.7. The van der Waals surface area contributed by atoms with E-state index in [9.17, 15) is 9.59 Å². The van der Waals surface area contributed by atoms with E-state index in [1.807, 2.05) is 84.9 Å². The van der Waals surface area contributed by atoms with Crippen LogP contribution in [0.4, 0.5) is 0 Å². The SMILES string of the molecule is CCCCNC(=O)C(Cc1ccccc1)N(Cc1ccccc1)C(=O)COc1ccc(I)cc1. The Balaban J connectivity index is 1.85. The summed E-state index contributed by atoms with van der Waals surface area (Å²) in [6, 6.07) is 26.5. The highest BCUT2D eigenvalue weighted by Gasteiger charge is 2.30. The van der Waals surface area contributed by atoms with Gasteiger partial charge in [-0.25, -0.2) is 0 Å². The Kier molecular flexibility index (Phi) is 10.4. The van der Waals surface area contributed by atoms with Crippen LogP contribution in [0.2, 0.25) is 0 Å². The van der Waals surface area contributed by atoms with Gasteiger partial charge in [-0.05, 0) is 64.4 Å². The summed E-state index contributed by atoms with van der Waals surface area (Å²) < 4.78 is 6.89. The van der Waals surface area contributed by atoms with Gasteiger partial charge in [0.2, 0.25) is 5.91 Å². The van der Waals surface area contributed by atoms with Crippen molar-refractivity contribution < 1.29 is 14.3 Å². The number of ether oxygens (including phenoxy) is 1. The van der Waals surface area contributed by atoms with E-state index in [1.54, 1.807) is 4.90 Å². The van der Waals surface area contributed by atoms with E-state index in [-0.39, 0.29) is 18.4 Å². The lowest BCUT2D eigenvalue weighted by Crippen LogP contribution is -2.51. The smallest absolute Gasteiger partial charge is 0.261 e. The summed E-state index contributed by atoms with van der Waals surface area (Å²) in [5.74, 6) is 0.255. The molecule has 0 heterocycles. The third-order valence-electron chi connectivity index (χ3n) is 5.47. The van der Waals surface area contributed by atoms with Gasteiger partial charge in [0.15, 0.2) is 6.61 Å². The number of hydrogen-bond acceptors (Lipinski definition) is 3. The molecule has 0 aliphatic heterocycles. The first-order chi connectivity index (χ1) is 16.6. The molecule has 0 aliphatic carbocycles. The van der Waals surface area contributed by atoms with Crippen molar-refractivity contribution in [2.75, 3.05) is 13.2 Å². The summed E-state index contributed by atoms with van der Waals surface area (Å²) in [5.41, 5.74) is 1.96. The molecule has 0 aliphatic rings.